The molecule has 0 atom stereocenters. The van der Waals surface area contributed by atoms with Crippen LogP contribution in [0.5, 0.6) is 5.75 Å². The van der Waals surface area contributed by atoms with E-state index in [4.69, 9.17) is 4.74 Å². The Morgan fingerprint density at radius 2 is 1.70 bits per heavy atom. The van der Waals surface area contributed by atoms with Crippen LogP contribution in [0.15, 0.2) is 78.9 Å². The average Bonchev–Trinajstić information content (AvgIpc) is 3.18. The lowest BCUT2D eigenvalue weighted by Gasteiger charge is -2.09. The first-order chi connectivity index (χ1) is 16.0. The molecule has 4 aromatic rings. The van der Waals surface area contributed by atoms with Gasteiger partial charge >= 0.3 is 5.91 Å². The number of carbonyl (C=O) groups excluding carboxylic acids is 1. The van der Waals surface area contributed by atoms with E-state index in [1.165, 1.54) is 12.5 Å². The molecule has 0 aliphatic carbocycles. The molecule has 3 aromatic carbocycles. The maximum Gasteiger partial charge on any atom is 0.359 e. The summed E-state index contributed by atoms with van der Waals surface area (Å²) < 4.78 is 6.93. The zero-order valence-electron chi connectivity index (χ0n) is 18.8. The highest BCUT2D eigenvalue weighted by Crippen LogP contribution is 2.23. The highest BCUT2D eigenvalue weighted by Gasteiger charge is 2.18. The largest absolute Gasteiger partial charge is 0.691 e. The van der Waals surface area contributed by atoms with Gasteiger partial charge in [0.1, 0.15) is 11.0 Å². The number of ether oxygens (including phenoxy) is 1. The van der Waals surface area contributed by atoms with Crippen LogP contribution in [0.25, 0.3) is 28.2 Å². The summed E-state index contributed by atoms with van der Waals surface area (Å²) in [4.78, 5) is 13.0. The summed E-state index contributed by atoms with van der Waals surface area (Å²) in [7, 11) is 0. The summed E-state index contributed by atoms with van der Waals surface area (Å²) in [6.45, 7) is 5.18. The van der Waals surface area contributed by atoms with Crippen LogP contribution in [0.2, 0.25) is 0 Å². The molecule has 0 amide bonds. The second-order valence-corrected chi connectivity index (χ2v) is 8.37. The fraction of sp³-hybridized carbons (Fsp3) is 0.222. The highest BCUT2D eigenvalue weighted by atomic mass is 16.5. The highest BCUT2D eigenvalue weighted by molar-refractivity contribution is 5.97. The molecule has 168 valence electrons. The van der Waals surface area contributed by atoms with E-state index in [-0.39, 0.29) is 5.91 Å². The molecule has 0 N–H and O–H groups in total. The Hall–Kier alpha value is -3.93. The van der Waals surface area contributed by atoms with Gasteiger partial charge in [0.15, 0.2) is 0 Å². The summed E-state index contributed by atoms with van der Waals surface area (Å²) in [5, 5.41) is 15.6. The third-order valence-electron chi connectivity index (χ3n) is 5.41. The Morgan fingerprint density at radius 1 is 1.03 bits per heavy atom. The van der Waals surface area contributed by atoms with Gasteiger partial charge < -0.3 is 9.94 Å². The van der Waals surface area contributed by atoms with Crippen LogP contribution in [0.3, 0.4) is 0 Å². The molecule has 0 saturated carbocycles. The van der Waals surface area contributed by atoms with Crippen LogP contribution in [-0.4, -0.2) is 22.4 Å². The number of hydrogen-bond donors (Lipinski definition) is 0. The minimum atomic E-state index is -0.381. The molecule has 0 saturated heterocycles. The van der Waals surface area contributed by atoms with E-state index >= 15 is 0 Å². The number of allylic oxidation sites excluding steroid dienone is 1. The van der Waals surface area contributed by atoms with Gasteiger partial charge in [-0.3, -0.25) is 0 Å². The first kappa shape index (κ1) is 22.3. The monoisotopic (exact) mass is 441 g/mol. The molecule has 1 heterocycles. The van der Waals surface area contributed by atoms with Gasteiger partial charge in [-0.1, -0.05) is 67.1 Å². The quantitative estimate of drug-likeness (QED) is 0.157. The number of nitrogens with zero attached hydrogens (tertiary/aromatic N) is 3. The van der Waals surface area contributed by atoms with Crippen LogP contribution in [-0.2, 0) is 0 Å². The Labute approximate surface area is 193 Å². The molecule has 6 heteroatoms. The second kappa shape index (κ2) is 10.1. The van der Waals surface area contributed by atoms with Crippen molar-refractivity contribution in [2.75, 3.05) is 6.61 Å². The maximum absolute atomic E-state index is 12.5. The van der Waals surface area contributed by atoms with Crippen molar-refractivity contribution in [2.24, 2.45) is 5.92 Å². The van der Waals surface area contributed by atoms with Crippen molar-refractivity contribution in [1.29, 1.82) is 0 Å². The predicted octanol–water partition coefficient (Wildman–Crippen LogP) is 5.51. The maximum atomic E-state index is 12.5. The van der Waals surface area contributed by atoms with E-state index in [0.717, 1.165) is 40.1 Å². The molecule has 0 unspecified atom stereocenters. The van der Waals surface area contributed by atoms with Crippen LogP contribution >= 0.6 is 0 Å². The van der Waals surface area contributed by atoms with Crippen molar-refractivity contribution >= 4 is 23.0 Å². The molecule has 0 aliphatic heterocycles. The summed E-state index contributed by atoms with van der Waals surface area (Å²) in [5.74, 6) is 1.20. The number of hydrogen-bond acceptors (Lipinski definition) is 4. The van der Waals surface area contributed by atoms with Crippen molar-refractivity contribution in [3.8, 4) is 16.9 Å². The van der Waals surface area contributed by atoms with Crippen molar-refractivity contribution in [1.82, 2.24) is 9.90 Å². The molecular weight excluding hydrogens is 414 g/mol. The minimum Gasteiger partial charge on any atom is -0.691 e. The van der Waals surface area contributed by atoms with Gasteiger partial charge in [-0.15, -0.1) is 4.85 Å². The first-order valence-corrected chi connectivity index (χ1v) is 11.1. The minimum absolute atomic E-state index is 0.357. The second-order valence-electron chi connectivity index (χ2n) is 8.37. The fourth-order valence-corrected chi connectivity index (χ4v) is 3.60. The molecule has 0 spiro atoms. The Kier molecular flexibility index (Phi) is 6.83. The lowest BCUT2D eigenvalue weighted by atomic mass is 10.0. The number of fused-ring (bicyclic) bond motifs is 1. The topological polar surface area (TPSA) is 71.1 Å². The average molecular weight is 442 g/mol. The Balaban J connectivity index is 1.39. The van der Waals surface area contributed by atoms with Gasteiger partial charge in [0.2, 0.25) is 11.0 Å². The fourth-order valence-electron chi connectivity index (χ4n) is 3.60. The SMILES string of the molecule is CC(C)CCCOc1ccc(-c2ccc(C=CC(=O)n3n[n+]([O-])c4ccccc43)cc2)cc1. The van der Waals surface area contributed by atoms with Gasteiger partial charge in [0.05, 0.1) is 6.61 Å². The van der Waals surface area contributed by atoms with Crippen LogP contribution < -0.4 is 9.58 Å². The van der Waals surface area contributed by atoms with Crippen LogP contribution in [0.1, 0.15) is 37.0 Å². The third-order valence-corrected chi connectivity index (χ3v) is 5.41. The zero-order chi connectivity index (χ0) is 23.2. The van der Waals surface area contributed by atoms with Gasteiger partial charge in [0, 0.05) is 6.08 Å². The van der Waals surface area contributed by atoms with E-state index in [0.29, 0.717) is 21.8 Å². The number of para-hydroxylation sites is 2. The zero-order valence-corrected chi connectivity index (χ0v) is 18.8. The summed E-state index contributed by atoms with van der Waals surface area (Å²) in [5.41, 5.74) is 3.89. The lowest BCUT2D eigenvalue weighted by Crippen LogP contribution is -2.30. The predicted molar refractivity (Wildman–Crippen MR) is 130 cm³/mol. The van der Waals surface area contributed by atoms with Gasteiger partial charge in [-0.25, -0.2) is 4.79 Å². The smallest absolute Gasteiger partial charge is 0.359 e. The molecule has 4 rings (SSSR count). The Morgan fingerprint density at radius 3 is 2.39 bits per heavy atom. The summed E-state index contributed by atoms with van der Waals surface area (Å²) >= 11 is 0. The molecule has 0 aliphatic rings. The molecule has 6 nitrogen and oxygen atoms in total. The Bertz CT molecular complexity index is 1260. The van der Waals surface area contributed by atoms with Crippen molar-refractivity contribution in [3.05, 3.63) is 89.6 Å². The van der Waals surface area contributed by atoms with E-state index in [2.05, 4.69) is 19.1 Å². The van der Waals surface area contributed by atoms with E-state index in [1.807, 2.05) is 48.5 Å². The van der Waals surface area contributed by atoms with Crippen molar-refractivity contribution in [2.45, 2.75) is 26.7 Å². The summed E-state index contributed by atoms with van der Waals surface area (Å²) in [6.07, 6.45) is 5.36. The van der Waals surface area contributed by atoms with Gasteiger partial charge in [-0.05, 0) is 65.8 Å². The number of benzene rings is 3. The number of rotatable bonds is 8. The standard InChI is InChI=1S/C27H27N3O3/c1-20(2)6-5-19-33-24-16-14-23(15-17-24)22-12-9-21(10-13-22)11-18-27(31)29-25-7-3-4-8-26(25)30(32)28-29/h3-4,7-18,20H,5-6,19H2,1-2H3. The van der Waals surface area contributed by atoms with E-state index < -0.39 is 0 Å². The van der Waals surface area contributed by atoms with E-state index in [9.17, 15) is 10.0 Å². The molecule has 1 aromatic heterocycles. The van der Waals surface area contributed by atoms with Crippen molar-refractivity contribution in [3.63, 3.8) is 0 Å². The normalized spacial score (nSPS) is 11.5. The first-order valence-electron chi connectivity index (χ1n) is 11.1. The number of aromatic nitrogens is 3. The van der Waals surface area contributed by atoms with Crippen LogP contribution in [0.4, 0.5) is 0 Å². The summed E-state index contributed by atoms with van der Waals surface area (Å²) in [6, 6.07) is 22.8. The number of carbonyl (C=O) groups is 1. The van der Waals surface area contributed by atoms with Crippen LogP contribution in [0, 0.1) is 11.1 Å². The molecule has 0 fully saturated rings. The van der Waals surface area contributed by atoms with Gasteiger partial charge in [0.25, 0.3) is 0 Å². The van der Waals surface area contributed by atoms with Gasteiger partial charge in [-0.2, -0.15) is 0 Å². The molecule has 33 heavy (non-hydrogen) atoms. The van der Waals surface area contributed by atoms with E-state index in [1.54, 1.807) is 30.3 Å². The molecular formula is C27H27N3O3. The third kappa shape index (κ3) is 5.47. The van der Waals surface area contributed by atoms with Crippen molar-refractivity contribution < 1.29 is 14.4 Å². The molecule has 0 radical (unpaired) electrons. The molecule has 0 bridgehead atoms. The lowest BCUT2D eigenvalue weighted by molar-refractivity contribution is -0.645.